The van der Waals surface area contributed by atoms with Gasteiger partial charge >= 0.3 is 103 Å². The third kappa shape index (κ3) is 454. The van der Waals surface area contributed by atoms with Crippen LogP contribution in [0.25, 0.3) is 0 Å². The quantitative estimate of drug-likeness (QED) is 0.231. The second-order valence-corrected chi connectivity index (χ2v) is 1.22. The molecule has 0 aromatic rings. The van der Waals surface area contributed by atoms with Crippen LogP contribution in [0.4, 0.5) is 0 Å². The molecule has 15 heteroatoms. The van der Waals surface area contributed by atoms with Crippen LogP contribution < -0.4 is 51.4 Å². The Balaban J connectivity index is -0.00000000178. The van der Waals surface area contributed by atoms with Gasteiger partial charge in [0.1, 0.15) is 0 Å². The molecule has 0 aliphatic rings. The maximum atomic E-state index is 8.52. The van der Waals surface area contributed by atoms with Crippen molar-refractivity contribution in [3.8, 4) is 0 Å². The molecule has 0 unspecified atom stereocenters. The van der Waals surface area contributed by atoms with Crippen molar-refractivity contribution in [1.29, 1.82) is 0 Å². The van der Waals surface area contributed by atoms with E-state index in [-0.39, 0.29) is 136 Å². The van der Waals surface area contributed by atoms with Crippen molar-refractivity contribution in [2.24, 2.45) is 0 Å². The molecule has 0 radical (unpaired) electrons. The first kappa shape index (κ1) is 108. The van der Waals surface area contributed by atoms with E-state index in [1.807, 2.05) is 0 Å². The Morgan fingerprint density at radius 3 is 0.600 bits per heavy atom. The molecule has 0 bridgehead atoms. The predicted octanol–water partition coefficient (Wildman–Crippen LogP) is -6.54. The summed E-state index contributed by atoms with van der Waals surface area (Å²) in [6.45, 7) is 0. The summed E-state index contributed by atoms with van der Waals surface area (Å²) < 4.78 is 34.1. The molecule has 0 saturated heterocycles. The zero-order chi connectivity index (χ0) is 4.50. The molecule has 6 N–H and O–H groups in total. The Hall–Kier alpha value is 2.86. The zero-order valence-corrected chi connectivity index (χ0v) is 14.9. The Morgan fingerprint density at radius 1 is 0.600 bits per heavy atom. The average molecular weight is 318 g/mol. The third-order valence-electron chi connectivity index (χ3n) is 0. The number of hydrogen-bond acceptors (Lipinski definition) is 10. The Bertz CT molecular complexity index is 104. The topological polar surface area (TPSA) is 260 Å². The first-order valence-electron chi connectivity index (χ1n) is 0.667. The minimum atomic E-state index is -5.17. The molecule has 0 saturated carbocycles. The van der Waals surface area contributed by atoms with Crippen LogP contribution in [0.15, 0.2) is 0 Å². The van der Waals surface area contributed by atoms with E-state index < -0.39 is 10.4 Å². The van der Waals surface area contributed by atoms with E-state index in [4.69, 9.17) is 17.5 Å². The second-order valence-electron chi connectivity index (χ2n) is 0.408. The summed E-state index contributed by atoms with van der Waals surface area (Å²) in [5, 5.41) is 0. The fraction of sp³-hybridized carbons (Fsp3) is 0. The molecule has 0 amide bonds. The van der Waals surface area contributed by atoms with Gasteiger partial charge in [-0.2, -0.15) is 0 Å². The van der Waals surface area contributed by atoms with Crippen molar-refractivity contribution in [2.75, 3.05) is 0 Å². The molecule has 0 aliphatic heterocycles. The fourth-order valence-corrected chi connectivity index (χ4v) is 0. The van der Waals surface area contributed by atoms with E-state index in [0.717, 1.165) is 0 Å². The molecule has 0 fully saturated rings. The van der Waals surface area contributed by atoms with Gasteiger partial charge in [-0.1, -0.05) is 0 Å². The van der Waals surface area contributed by atoms with Crippen molar-refractivity contribution in [2.45, 2.75) is 0 Å². The Labute approximate surface area is 161 Å². The first-order chi connectivity index (χ1) is 2.00. The van der Waals surface area contributed by atoms with Crippen LogP contribution >= 0.6 is 0 Å². The monoisotopic (exact) mass is 318 g/mol. The van der Waals surface area contributed by atoms with Crippen molar-refractivity contribution < 1.29 is 102 Å². The van der Waals surface area contributed by atoms with Gasteiger partial charge in [0, 0.05) is 10.4 Å². The molecule has 0 aromatic heterocycles. The molecule has 80 valence electrons. The van der Waals surface area contributed by atoms with E-state index in [9.17, 15) is 0 Å². The largest absolute Gasteiger partial charge is 3.00 e. The second kappa shape index (κ2) is 54.0. The van der Waals surface area contributed by atoms with Gasteiger partial charge < -0.3 is 42.0 Å². The summed E-state index contributed by atoms with van der Waals surface area (Å²) in [6.07, 6.45) is 0. The van der Waals surface area contributed by atoms with Crippen LogP contribution in [0.1, 0.15) is 0 Å². The predicted molar refractivity (Wildman–Crippen MR) is 39.4 cm³/mol. The van der Waals surface area contributed by atoms with Gasteiger partial charge in [0.05, 0.1) is 0 Å². The van der Waals surface area contributed by atoms with Crippen LogP contribution in [0.2, 0.25) is 0 Å². The van der Waals surface area contributed by atoms with Crippen LogP contribution in [0.3, 0.4) is 0 Å². The maximum Gasteiger partial charge on any atom is 3.00 e. The molecular formula is H6Al3KO10S+2. The summed E-state index contributed by atoms with van der Waals surface area (Å²) >= 11 is 0. The summed E-state index contributed by atoms with van der Waals surface area (Å²) in [6, 6.07) is 0. The SMILES string of the molecule is O=S(=O)([O-])[O-].[Al+3].[Al+3].[Al+3].[K+].[OH-].[OH-].[OH-].[OH-].[OH-].[OH-]. The summed E-state index contributed by atoms with van der Waals surface area (Å²) in [5.74, 6) is 0. The van der Waals surface area contributed by atoms with Gasteiger partial charge in [-0.15, -0.1) is 0 Å². The number of rotatable bonds is 0. The van der Waals surface area contributed by atoms with Gasteiger partial charge in [-0.05, 0) is 0 Å². The van der Waals surface area contributed by atoms with E-state index in [1.165, 1.54) is 0 Å². The normalized spacial score (nSPS) is 3.87. The Kier molecular flexibility index (Phi) is 388. The van der Waals surface area contributed by atoms with Gasteiger partial charge in [0.15, 0.2) is 0 Å². The molecule has 0 aromatic carbocycles. The van der Waals surface area contributed by atoms with Crippen LogP contribution in [0, 0.1) is 0 Å². The summed E-state index contributed by atoms with van der Waals surface area (Å²) in [7, 11) is -5.17. The summed E-state index contributed by atoms with van der Waals surface area (Å²) in [4.78, 5) is 0. The van der Waals surface area contributed by atoms with E-state index in [2.05, 4.69) is 0 Å². The van der Waals surface area contributed by atoms with Crippen molar-refractivity contribution in [3.05, 3.63) is 0 Å². The molecule has 15 heavy (non-hydrogen) atoms. The van der Waals surface area contributed by atoms with Gasteiger partial charge in [0.2, 0.25) is 0 Å². The fourth-order valence-electron chi connectivity index (χ4n) is 0. The van der Waals surface area contributed by atoms with Crippen molar-refractivity contribution >= 4 is 62.5 Å². The molecule has 0 atom stereocenters. The van der Waals surface area contributed by atoms with E-state index in [1.54, 1.807) is 0 Å². The minimum Gasteiger partial charge on any atom is -0.870 e. The maximum absolute atomic E-state index is 8.52. The first-order valence-corrected chi connectivity index (χ1v) is 2.00. The molecule has 10 nitrogen and oxygen atoms in total. The van der Waals surface area contributed by atoms with Crippen molar-refractivity contribution in [3.63, 3.8) is 0 Å². The molecule has 0 heterocycles. The smallest absolute Gasteiger partial charge is 0.870 e. The van der Waals surface area contributed by atoms with Crippen molar-refractivity contribution in [1.82, 2.24) is 0 Å². The minimum absolute atomic E-state index is 0. The van der Waals surface area contributed by atoms with Gasteiger partial charge in [0.25, 0.3) is 0 Å². The van der Waals surface area contributed by atoms with Crippen LogP contribution in [-0.2, 0) is 10.4 Å². The standard InChI is InChI=1S/3Al.K.H2O4S.6H2O/c;;;;1-5(2,3)4;;;;;;/h;;;;(H2,1,2,3,4);6*1H2/q3*+3;+1;;;;;;;/p-8. The number of hydrogen-bond donors (Lipinski definition) is 0. The average Bonchev–Trinajstić information content (AvgIpc) is 0.722. The molecule has 0 rings (SSSR count). The molecule has 0 aliphatic carbocycles. The zero-order valence-electron chi connectivity index (χ0n) is 7.46. The Morgan fingerprint density at radius 2 is 0.600 bits per heavy atom. The van der Waals surface area contributed by atoms with E-state index >= 15 is 0 Å². The van der Waals surface area contributed by atoms with Gasteiger partial charge in [-0.25, -0.2) is 0 Å². The molecular weight excluding hydrogens is 312 g/mol. The van der Waals surface area contributed by atoms with E-state index in [0.29, 0.717) is 0 Å². The van der Waals surface area contributed by atoms with Crippen LogP contribution in [0.5, 0.6) is 0 Å². The van der Waals surface area contributed by atoms with Crippen LogP contribution in [-0.4, -0.2) is 102 Å². The van der Waals surface area contributed by atoms with Gasteiger partial charge in [-0.3, -0.25) is 8.42 Å². The molecule has 0 spiro atoms. The summed E-state index contributed by atoms with van der Waals surface area (Å²) in [5.41, 5.74) is 0. The third-order valence-corrected chi connectivity index (χ3v) is 0.